The van der Waals surface area contributed by atoms with Crippen LogP contribution in [0.4, 0.5) is 10.1 Å². The average molecular weight is 312 g/mol. The lowest BCUT2D eigenvalue weighted by atomic mass is 9.78. The molecule has 1 aromatic heterocycles. The zero-order valence-corrected chi connectivity index (χ0v) is 13.0. The van der Waals surface area contributed by atoms with Crippen LogP contribution in [-0.2, 0) is 4.79 Å². The molecule has 1 fully saturated rings. The summed E-state index contributed by atoms with van der Waals surface area (Å²) >= 11 is 0. The van der Waals surface area contributed by atoms with Crippen LogP contribution in [0.3, 0.4) is 0 Å². The van der Waals surface area contributed by atoms with Crippen molar-refractivity contribution >= 4 is 11.6 Å². The summed E-state index contributed by atoms with van der Waals surface area (Å²) < 4.78 is 12.9. The van der Waals surface area contributed by atoms with Crippen molar-refractivity contribution in [1.82, 2.24) is 4.98 Å². The first-order chi connectivity index (χ1) is 11.2. The molecule has 0 radical (unpaired) electrons. The standard InChI is InChI=1S/C19H21FN2O/c20-17-5-7-18(8-6-17)22-19(23)13-14-1-3-15(4-2-14)16-9-11-21-12-10-16/h5-12,14-15H,1-4,13H2,(H,22,23)/t14-,15+. The van der Waals surface area contributed by atoms with Crippen LogP contribution < -0.4 is 5.32 Å². The van der Waals surface area contributed by atoms with Gasteiger partial charge in [-0.1, -0.05) is 0 Å². The Balaban J connectivity index is 1.47. The monoisotopic (exact) mass is 312 g/mol. The van der Waals surface area contributed by atoms with Gasteiger partial charge in [-0.15, -0.1) is 0 Å². The number of halogens is 1. The molecular weight excluding hydrogens is 291 g/mol. The van der Waals surface area contributed by atoms with Crippen LogP contribution in [0.15, 0.2) is 48.8 Å². The Hall–Kier alpha value is -2.23. The number of rotatable bonds is 4. The Bertz CT molecular complexity index is 634. The van der Waals surface area contributed by atoms with Gasteiger partial charge in [0.25, 0.3) is 0 Å². The summed E-state index contributed by atoms with van der Waals surface area (Å²) in [6.45, 7) is 0. The van der Waals surface area contributed by atoms with Crippen LogP contribution in [0.5, 0.6) is 0 Å². The molecule has 4 heteroatoms. The van der Waals surface area contributed by atoms with Crippen LogP contribution in [0.25, 0.3) is 0 Å². The van der Waals surface area contributed by atoms with Gasteiger partial charge in [-0.25, -0.2) is 4.39 Å². The van der Waals surface area contributed by atoms with E-state index >= 15 is 0 Å². The number of carbonyl (C=O) groups is 1. The summed E-state index contributed by atoms with van der Waals surface area (Å²) in [6, 6.07) is 10.1. The third-order valence-corrected chi connectivity index (χ3v) is 4.63. The van der Waals surface area contributed by atoms with Crippen LogP contribution in [0.2, 0.25) is 0 Å². The number of nitrogens with zero attached hydrogens (tertiary/aromatic N) is 1. The van der Waals surface area contributed by atoms with Gasteiger partial charge in [0.15, 0.2) is 0 Å². The smallest absolute Gasteiger partial charge is 0.224 e. The fraction of sp³-hybridized carbons (Fsp3) is 0.368. The first-order valence-electron chi connectivity index (χ1n) is 8.16. The first kappa shape index (κ1) is 15.7. The molecule has 120 valence electrons. The Morgan fingerprint density at radius 2 is 1.70 bits per heavy atom. The van der Waals surface area contributed by atoms with Gasteiger partial charge in [0.1, 0.15) is 5.82 Å². The summed E-state index contributed by atoms with van der Waals surface area (Å²) in [5, 5.41) is 2.85. The molecule has 0 saturated heterocycles. The molecule has 1 aliphatic carbocycles. The van der Waals surface area contributed by atoms with Gasteiger partial charge in [0, 0.05) is 24.5 Å². The molecule has 0 aliphatic heterocycles. The lowest BCUT2D eigenvalue weighted by Gasteiger charge is -2.28. The third-order valence-electron chi connectivity index (χ3n) is 4.63. The summed E-state index contributed by atoms with van der Waals surface area (Å²) in [4.78, 5) is 16.2. The van der Waals surface area contributed by atoms with E-state index in [0.717, 1.165) is 25.7 Å². The van der Waals surface area contributed by atoms with Crippen molar-refractivity contribution in [2.45, 2.75) is 38.0 Å². The number of nitrogens with one attached hydrogen (secondary N) is 1. The summed E-state index contributed by atoms with van der Waals surface area (Å²) in [5.41, 5.74) is 2.01. The van der Waals surface area contributed by atoms with Gasteiger partial charge in [-0.2, -0.15) is 0 Å². The molecule has 3 rings (SSSR count). The molecule has 3 nitrogen and oxygen atoms in total. The van der Waals surface area contributed by atoms with Crippen LogP contribution in [-0.4, -0.2) is 10.9 Å². The first-order valence-corrected chi connectivity index (χ1v) is 8.16. The van der Waals surface area contributed by atoms with Gasteiger partial charge in [0.05, 0.1) is 0 Å². The van der Waals surface area contributed by atoms with Gasteiger partial charge < -0.3 is 5.32 Å². The van der Waals surface area contributed by atoms with Crippen molar-refractivity contribution in [1.29, 1.82) is 0 Å². The maximum Gasteiger partial charge on any atom is 0.224 e. The van der Waals surface area contributed by atoms with Gasteiger partial charge in [-0.3, -0.25) is 9.78 Å². The fourth-order valence-corrected chi connectivity index (χ4v) is 3.34. The molecule has 1 N–H and O–H groups in total. The summed E-state index contributed by atoms with van der Waals surface area (Å²) in [5.74, 6) is 0.754. The number of benzene rings is 1. The Labute approximate surface area is 135 Å². The van der Waals surface area contributed by atoms with E-state index in [1.54, 1.807) is 12.1 Å². The molecule has 1 aromatic carbocycles. The van der Waals surface area contributed by atoms with Crippen LogP contribution >= 0.6 is 0 Å². The second-order valence-corrected chi connectivity index (χ2v) is 6.26. The topological polar surface area (TPSA) is 42.0 Å². The van der Waals surface area contributed by atoms with E-state index in [4.69, 9.17) is 0 Å². The minimum Gasteiger partial charge on any atom is -0.326 e. The van der Waals surface area contributed by atoms with Crippen molar-refractivity contribution in [2.75, 3.05) is 5.32 Å². The van der Waals surface area contributed by atoms with E-state index in [1.807, 2.05) is 12.4 Å². The highest BCUT2D eigenvalue weighted by atomic mass is 19.1. The Morgan fingerprint density at radius 1 is 1.04 bits per heavy atom. The van der Waals surface area contributed by atoms with Crippen molar-refractivity contribution in [3.8, 4) is 0 Å². The van der Waals surface area contributed by atoms with Crippen LogP contribution in [0.1, 0.15) is 43.6 Å². The predicted molar refractivity (Wildman–Crippen MR) is 88.6 cm³/mol. The molecule has 0 bridgehead atoms. The van der Waals surface area contributed by atoms with E-state index in [2.05, 4.69) is 22.4 Å². The molecule has 0 spiro atoms. The Morgan fingerprint density at radius 3 is 2.35 bits per heavy atom. The maximum atomic E-state index is 12.9. The fourth-order valence-electron chi connectivity index (χ4n) is 3.34. The quantitative estimate of drug-likeness (QED) is 0.901. The van der Waals surface area contributed by atoms with Gasteiger partial charge in [-0.05, 0) is 79.5 Å². The van der Waals surface area contributed by atoms with E-state index in [1.165, 1.54) is 17.7 Å². The summed E-state index contributed by atoms with van der Waals surface area (Å²) in [6.07, 6.45) is 8.63. The lowest BCUT2D eigenvalue weighted by Crippen LogP contribution is -2.20. The zero-order valence-electron chi connectivity index (χ0n) is 13.0. The number of pyridine rings is 1. The molecule has 2 aromatic rings. The Kier molecular flexibility index (Phi) is 5.01. The van der Waals surface area contributed by atoms with Gasteiger partial charge >= 0.3 is 0 Å². The normalized spacial score (nSPS) is 20.9. The lowest BCUT2D eigenvalue weighted by molar-refractivity contribution is -0.117. The van der Waals surface area contributed by atoms with Crippen molar-refractivity contribution < 1.29 is 9.18 Å². The number of hydrogen-bond acceptors (Lipinski definition) is 2. The number of hydrogen-bond donors (Lipinski definition) is 1. The maximum absolute atomic E-state index is 12.9. The molecule has 1 aliphatic rings. The average Bonchev–Trinajstić information content (AvgIpc) is 2.58. The highest BCUT2D eigenvalue weighted by Crippen LogP contribution is 2.36. The van der Waals surface area contributed by atoms with Gasteiger partial charge in [0.2, 0.25) is 5.91 Å². The largest absolute Gasteiger partial charge is 0.326 e. The van der Waals surface area contributed by atoms with E-state index in [0.29, 0.717) is 23.9 Å². The molecule has 0 atom stereocenters. The predicted octanol–water partition coefficient (Wildman–Crippen LogP) is 4.52. The zero-order chi connectivity index (χ0) is 16.1. The number of amides is 1. The molecule has 1 heterocycles. The SMILES string of the molecule is O=C(C[C@H]1CC[C@@H](c2ccncc2)CC1)Nc1ccc(F)cc1. The van der Waals surface area contributed by atoms with Crippen LogP contribution in [0, 0.1) is 11.7 Å². The summed E-state index contributed by atoms with van der Waals surface area (Å²) in [7, 11) is 0. The van der Waals surface area contributed by atoms with Crippen molar-refractivity contribution in [3.05, 3.63) is 60.2 Å². The number of anilines is 1. The minimum absolute atomic E-state index is 0.0176. The van der Waals surface area contributed by atoms with E-state index < -0.39 is 0 Å². The third kappa shape index (κ3) is 4.38. The number of aromatic nitrogens is 1. The highest BCUT2D eigenvalue weighted by molar-refractivity contribution is 5.90. The molecule has 0 unspecified atom stereocenters. The molecule has 1 saturated carbocycles. The van der Waals surface area contributed by atoms with E-state index in [-0.39, 0.29) is 11.7 Å². The highest BCUT2D eigenvalue weighted by Gasteiger charge is 2.24. The second-order valence-electron chi connectivity index (χ2n) is 6.26. The number of carbonyl (C=O) groups excluding carboxylic acids is 1. The molecule has 1 amide bonds. The van der Waals surface area contributed by atoms with E-state index in [9.17, 15) is 9.18 Å². The second kappa shape index (κ2) is 7.36. The molecular formula is C19H21FN2O. The van der Waals surface area contributed by atoms with Crippen molar-refractivity contribution in [2.24, 2.45) is 5.92 Å². The molecule has 23 heavy (non-hydrogen) atoms. The van der Waals surface area contributed by atoms with Crippen molar-refractivity contribution in [3.63, 3.8) is 0 Å². The minimum atomic E-state index is -0.294.